The van der Waals surface area contributed by atoms with Crippen molar-refractivity contribution in [3.05, 3.63) is 14.7 Å². The molecule has 8 heteroatoms. The molecule has 0 aliphatic carbocycles. The van der Waals surface area contributed by atoms with Crippen molar-refractivity contribution in [2.75, 3.05) is 6.54 Å². The fourth-order valence-corrected chi connectivity index (χ4v) is 5.68. The van der Waals surface area contributed by atoms with Crippen LogP contribution in [0.5, 0.6) is 0 Å². The molecule has 5 nitrogen and oxygen atoms in total. The molecule has 1 aromatic heterocycles. The minimum absolute atomic E-state index is 0.0347. The van der Waals surface area contributed by atoms with Gasteiger partial charge in [0, 0.05) is 17.8 Å². The second kappa shape index (κ2) is 7.71. The van der Waals surface area contributed by atoms with E-state index in [9.17, 15) is 13.2 Å². The summed E-state index contributed by atoms with van der Waals surface area (Å²) in [5.74, 6) is -0.801. The van der Waals surface area contributed by atoms with Gasteiger partial charge in [0.05, 0.1) is 8.68 Å². The lowest BCUT2D eigenvalue weighted by molar-refractivity contribution is -0.138. The molecule has 0 aliphatic heterocycles. The van der Waals surface area contributed by atoms with Crippen LogP contribution >= 0.6 is 27.3 Å². The zero-order chi connectivity index (χ0) is 16.2. The Morgan fingerprint density at radius 2 is 2.10 bits per heavy atom. The standard InChI is InChI=1S/C13H20BrNO4S2/c1-8(2)4-10(5-13(16)17)7-15-21(18,19)11-6-12(14)20-9(11)3/h6,8,10,15H,4-5,7H2,1-3H3,(H,16,17)/t10-/m0/s1. The van der Waals surface area contributed by atoms with Gasteiger partial charge >= 0.3 is 5.97 Å². The number of halogens is 1. The molecule has 0 fully saturated rings. The number of hydrogen-bond acceptors (Lipinski definition) is 4. The van der Waals surface area contributed by atoms with E-state index >= 15 is 0 Å². The molecule has 0 saturated carbocycles. The Hall–Kier alpha value is -0.440. The number of carboxylic acid groups (broad SMARTS) is 1. The summed E-state index contributed by atoms with van der Waals surface area (Å²) in [5, 5.41) is 8.91. The van der Waals surface area contributed by atoms with Gasteiger partial charge < -0.3 is 5.11 Å². The summed E-state index contributed by atoms with van der Waals surface area (Å²) in [7, 11) is -3.60. The van der Waals surface area contributed by atoms with Crippen LogP contribution in [0.25, 0.3) is 0 Å². The molecule has 21 heavy (non-hydrogen) atoms. The molecule has 120 valence electrons. The highest BCUT2D eigenvalue weighted by Gasteiger charge is 2.22. The first-order chi connectivity index (χ1) is 9.61. The summed E-state index contributed by atoms with van der Waals surface area (Å²) in [6, 6.07) is 1.57. The lowest BCUT2D eigenvalue weighted by Gasteiger charge is -2.17. The van der Waals surface area contributed by atoms with Crippen molar-refractivity contribution in [2.24, 2.45) is 11.8 Å². The Kier molecular flexibility index (Phi) is 6.83. The minimum Gasteiger partial charge on any atom is -0.481 e. The quantitative estimate of drug-likeness (QED) is 0.704. The number of carboxylic acids is 1. The van der Waals surface area contributed by atoms with E-state index in [0.717, 1.165) is 3.79 Å². The van der Waals surface area contributed by atoms with E-state index in [1.807, 2.05) is 13.8 Å². The molecule has 0 unspecified atom stereocenters. The number of sulfonamides is 1. The van der Waals surface area contributed by atoms with E-state index in [0.29, 0.717) is 17.2 Å². The molecule has 0 bridgehead atoms. The number of nitrogens with one attached hydrogen (secondary N) is 1. The van der Waals surface area contributed by atoms with Crippen molar-refractivity contribution in [3.63, 3.8) is 0 Å². The molecule has 1 atom stereocenters. The molecule has 1 rings (SSSR count). The molecular weight excluding hydrogens is 378 g/mol. The Bertz CT molecular complexity index is 595. The molecular formula is C13H20BrNO4S2. The van der Waals surface area contributed by atoms with Crippen LogP contribution in [0, 0.1) is 18.8 Å². The Labute approximate surface area is 137 Å². The van der Waals surface area contributed by atoms with Crippen LogP contribution in [0.2, 0.25) is 0 Å². The average Bonchev–Trinajstić information content (AvgIpc) is 2.65. The lowest BCUT2D eigenvalue weighted by Crippen LogP contribution is -2.31. The summed E-state index contributed by atoms with van der Waals surface area (Å²) in [5.41, 5.74) is 0. The third-order valence-corrected chi connectivity index (χ3v) is 6.19. The molecule has 0 saturated heterocycles. The first-order valence-corrected chi connectivity index (χ1v) is 9.68. The largest absolute Gasteiger partial charge is 0.481 e. The van der Waals surface area contributed by atoms with Crippen molar-refractivity contribution in [3.8, 4) is 0 Å². The Balaban J connectivity index is 2.78. The van der Waals surface area contributed by atoms with E-state index < -0.39 is 16.0 Å². The van der Waals surface area contributed by atoms with Crippen LogP contribution in [0.1, 0.15) is 31.6 Å². The van der Waals surface area contributed by atoms with Crippen molar-refractivity contribution in [1.29, 1.82) is 0 Å². The highest BCUT2D eigenvalue weighted by atomic mass is 79.9. The molecule has 0 aliphatic rings. The van der Waals surface area contributed by atoms with Crippen molar-refractivity contribution in [2.45, 2.75) is 38.5 Å². The normalized spacial score (nSPS) is 13.6. The predicted molar refractivity (Wildman–Crippen MR) is 87.1 cm³/mol. The minimum atomic E-state index is -3.60. The van der Waals surface area contributed by atoms with Gasteiger partial charge in [-0.05, 0) is 47.2 Å². The van der Waals surface area contributed by atoms with Gasteiger partial charge in [-0.25, -0.2) is 13.1 Å². The number of aryl methyl sites for hydroxylation is 1. The third kappa shape index (κ3) is 6.06. The molecule has 1 aromatic rings. The average molecular weight is 398 g/mol. The van der Waals surface area contributed by atoms with E-state index in [1.165, 1.54) is 11.3 Å². The van der Waals surface area contributed by atoms with Crippen LogP contribution in [0.15, 0.2) is 14.7 Å². The van der Waals surface area contributed by atoms with Gasteiger partial charge in [-0.3, -0.25) is 4.79 Å². The van der Waals surface area contributed by atoms with E-state index in [4.69, 9.17) is 5.11 Å². The maximum absolute atomic E-state index is 12.3. The summed E-state index contributed by atoms with van der Waals surface area (Å²) in [6.45, 7) is 5.86. The second-order valence-corrected chi connectivity index (χ2v) is 9.79. The molecule has 0 aromatic carbocycles. The van der Waals surface area contributed by atoms with Crippen LogP contribution in [0.3, 0.4) is 0 Å². The van der Waals surface area contributed by atoms with E-state index in [-0.39, 0.29) is 23.8 Å². The zero-order valence-electron chi connectivity index (χ0n) is 12.2. The smallest absolute Gasteiger partial charge is 0.303 e. The second-order valence-electron chi connectivity index (χ2n) is 5.42. The van der Waals surface area contributed by atoms with Crippen LogP contribution in [-0.2, 0) is 14.8 Å². The van der Waals surface area contributed by atoms with E-state index in [1.54, 1.807) is 13.0 Å². The molecule has 0 amide bonds. The number of aliphatic carboxylic acids is 1. The van der Waals surface area contributed by atoms with Crippen molar-refractivity contribution in [1.82, 2.24) is 4.72 Å². The van der Waals surface area contributed by atoms with Crippen LogP contribution in [-0.4, -0.2) is 26.0 Å². The topological polar surface area (TPSA) is 83.5 Å². The van der Waals surface area contributed by atoms with Gasteiger partial charge in [-0.15, -0.1) is 11.3 Å². The first-order valence-electron chi connectivity index (χ1n) is 6.59. The Morgan fingerprint density at radius 3 is 2.52 bits per heavy atom. The highest BCUT2D eigenvalue weighted by molar-refractivity contribution is 9.11. The fourth-order valence-electron chi connectivity index (χ4n) is 2.16. The predicted octanol–water partition coefficient (Wildman–Crippen LogP) is 3.23. The number of rotatable bonds is 8. The van der Waals surface area contributed by atoms with Gasteiger partial charge in [0.1, 0.15) is 0 Å². The SMILES string of the molecule is Cc1sc(Br)cc1S(=O)(=O)NC[C@H](CC(=O)O)CC(C)C. The first kappa shape index (κ1) is 18.6. The maximum atomic E-state index is 12.3. The highest BCUT2D eigenvalue weighted by Crippen LogP contribution is 2.29. The fraction of sp³-hybridized carbons (Fsp3) is 0.615. The summed E-state index contributed by atoms with van der Waals surface area (Å²) < 4.78 is 27.8. The number of hydrogen-bond donors (Lipinski definition) is 2. The summed E-state index contributed by atoms with van der Waals surface area (Å²) in [4.78, 5) is 11.8. The third-order valence-electron chi connectivity index (χ3n) is 2.96. The van der Waals surface area contributed by atoms with E-state index in [2.05, 4.69) is 20.7 Å². The van der Waals surface area contributed by atoms with Crippen molar-refractivity contribution >= 4 is 43.3 Å². The van der Waals surface area contributed by atoms with Crippen LogP contribution < -0.4 is 4.72 Å². The van der Waals surface area contributed by atoms with Gasteiger partial charge in [-0.2, -0.15) is 0 Å². The van der Waals surface area contributed by atoms with Gasteiger partial charge in [-0.1, -0.05) is 13.8 Å². The monoisotopic (exact) mass is 397 g/mol. The van der Waals surface area contributed by atoms with Gasteiger partial charge in [0.25, 0.3) is 0 Å². The molecule has 2 N–H and O–H groups in total. The maximum Gasteiger partial charge on any atom is 0.303 e. The van der Waals surface area contributed by atoms with Crippen molar-refractivity contribution < 1.29 is 18.3 Å². The van der Waals surface area contributed by atoms with Crippen LogP contribution in [0.4, 0.5) is 0 Å². The number of carbonyl (C=O) groups is 1. The number of thiophene rings is 1. The van der Waals surface area contributed by atoms with Gasteiger partial charge in [0.15, 0.2) is 0 Å². The lowest BCUT2D eigenvalue weighted by atomic mass is 9.94. The summed E-state index contributed by atoms with van der Waals surface area (Å²) >= 11 is 4.62. The molecule has 0 radical (unpaired) electrons. The Morgan fingerprint density at radius 1 is 1.48 bits per heavy atom. The van der Waals surface area contributed by atoms with Gasteiger partial charge in [0.2, 0.25) is 10.0 Å². The zero-order valence-corrected chi connectivity index (χ0v) is 15.4. The molecule has 0 spiro atoms. The molecule has 1 heterocycles. The summed E-state index contributed by atoms with van der Waals surface area (Å²) in [6.07, 6.45) is 0.633.